The molecule has 7 heteroatoms. The molecule has 0 amide bonds. The zero-order valence-electron chi connectivity index (χ0n) is 12.0. The van der Waals surface area contributed by atoms with Crippen LogP contribution >= 0.6 is 12.2 Å². The zero-order valence-corrected chi connectivity index (χ0v) is 12.8. The van der Waals surface area contributed by atoms with Gasteiger partial charge in [-0.25, -0.2) is 4.79 Å². The van der Waals surface area contributed by atoms with E-state index in [1.54, 1.807) is 4.68 Å². The summed E-state index contributed by atoms with van der Waals surface area (Å²) in [5, 5.41) is 19.6. The maximum absolute atomic E-state index is 11.1. The van der Waals surface area contributed by atoms with E-state index >= 15 is 0 Å². The fourth-order valence-corrected chi connectivity index (χ4v) is 1.94. The number of rotatable bonds is 8. The summed E-state index contributed by atoms with van der Waals surface area (Å²) in [5.74, 6) is -0.733. The van der Waals surface area contributed by atoms with Gasteiger partial charge in [0.1, 0.15) is 5.56 Å². The predicted molar refractivity (Wildman–Crippen MR) is 83.2 cm³/mol. The van der Waals surface area contributed by atoms with Gasteiger partial charge in [0, 0.05) is 19.3 Å². The van der Waals surface area contributed by atoms with Crippen molar-refractivity contribution in [2.75, 3.05) is 11.9 Å². The van der Waals surface area contributed by atoms with Gasteiger partial charge in [0.15, 0.2) is 10.9 Å². The van der Waals surface area contributed by atoms with Gasteiger partial charge in [-0.1, -0.05) is 26.2 Å². The average Bonchev–Trinajstić information content (AvgIpc) is 2.81. The first-order valence-electron chi connectivity index (χ1n) is 6.94. The second-order valence-electron chi connectivity index (χ2n) is 4.49. The van der Waals surface area contributed by atoms with Crippen LogP contribution in [-0.4, -0.2) is 32.5 Å². The minimum absolute atomic E-state index is 0.127. The Morgan fingerprint density at radius 1 is 1.40 bits per heavy atom. The fraction of sp³-hybridized carbons (Fsp3) is 0.615. The lowest BCUT2D eigenvalue weighted by atomic mass is 10.2. The molecule has 0 atom stereocenters. The lowest BCUT2D eigenvalue weighted by Gasteiger charge is -2.08. The van der Waals surface area contributed by atoms with Crippen LogP contribution < -0.4 is 10.6 Å². The number of aryl methyl sites for hydroxylation is 1. The van der Waals surface area contributed by atoms with E-state index in [9.17, 15) is 4.79 Å². The van der Waals surface area contributed by atoms with Crippen molar-refractivity contribution < 1.29 is 9.90 Å². The lowest BCUT2D eigenvalue weighted by Crippen LogP contribution is -2.30. The molecular formula is C13H22N4O2S. The van der Waals surface area contributed by atoms with E-state index in [0.29, 0.717) is 11.7 Å². The van der Waals surface area contributed by atoms with Crippen LogP contribution in [0, 0.1) is 0 Å². The van der Waals surface area contributed by atoms with Crippen LogP contribution in [0.15, 0.2) is 6.20 Å². The van der Waals surface area contributed by atoms with E-state index in [2.05, 4.69) is 22.7 Å². The van der Waals surface area contributed by atoms with Crippen LogP contribution in [0.25, 0.3) is 0 Å². The van der Waals surface area contributed by atoms with Crippen LogP contribution in [0.3, 0.4) is 0 Å². The van der Waals surface area contributed by atoms with Crippen molar-refractivity contribution in [1.82, 2.24) is 15.1 Å². The first-order chi connectivity index (χ1) is 9.58. The Hall–Kier alpha value is -1.63. The average molecular weight is 298 g/mol. The van der Waals surface area contributed by atoms with Crippen LogP contribution in [0.2, 0.25) is 0 Å². The topological polar surface area (TPSA) is 79.2 Å². The number of nitrogens with one attached hydrogen (secondary N) is 2. The van der Waals surface area contributed by atoms with Gasteiger partial charge in [0.05, 0.1) is 0 Å². The van der Waals surface area contributed by atoms with Crippen molar-refractivity contribution in [3.05, 3.63) is 11.8 Å². The van der Waals surface area contributed by atoms with Gasteiger partial charge < -0.3 is 15.7 Å². The van der Waals surface area contributed by atoms with Gasteiger partial charge in [-0.2, -0.15) is 5.10 Å². The summed E-state index contributed by atoms with van der Waals surface area (Å²) in [6.45, 7) is 5.45. The molecule has 0 saturated heterocycles. The Labute approximate surface area is 124 Å². The number of nitrogens with zero attached hydrogens (tertiary/aromatic N) is 2. The number of aromatic carboxylic acids is 1. The third kappa shape index (κ3) is 5.16. The molecular weight excluding hydrogens is 276 g/mol. The second-order valence-corrected chi connectivity index (χ2v) is 4.90. The number of hydrogen-bond donors (Lipinski definition) is 3. The summed E-state index contributed by atoms with van der Waals surface area (Å²) in [7, 11) is 0. The molecule has 0 fully saturated rings. The third-order valence-corrected chi connectivity index (χ3v) is 3.11. The monoisotopic (exact) mass is 298 g/mol. The van der Waals surface area contributed by atoms with E-state index in [1.165, 1.54) is 19.0 Å². The largest absolute Gasteiger partial charge is 0.477 e. The Balaban J connectivity index is 2.48. The number of aromatic nitrogens is 2. The molecule has 3 N–H and O–H groups in total. The summed E-state index contributed by atoms with van der Waals surface area (Å²) in [4.78, 5) is 11.1. The summed E-state index contributed by atoms with van der Waals surface area (Å²) in [6.07, 6.45) is 6.11. The van der Waals surface area contributed by atoms with Crippen molar-refractivity contribution >= 4 is 29.1 Å². The number of carboxylic acid groups (broad SMARTS) is 1. The number of carboxylic acids is 1. The first-order valence-corrected chi connectivity index (χ1v) is 7.34. The van der Waals surface area contributed by atoms with Gasteiger partial charge in [0.25, 0.3) is 0 Å². The quantitative estimate of drug-likeness (QED) is 0.505. The molecule has 20 heavy (non-hydrogen) atoms. The normalized spacial score (nSPS) is 10.3. The summed E-state index contributed by atoms with van der Waals surface area (Å²) >= 11 is 5.14. The summed E-state index contributed by atoms with van der Waals surface area (Å²) in [6, 6.07) is 0. The molecule has 0 aliphatic heterocycles. The van der Waals surface area contributed by atoms with Gasteiger partial charge in [0.2, 0.25) is 0 Å². The van der Waals surface area contributed by atoms with E-state index in [0.717, 1.165) is 19.4 Å². The molecule has 0 aliphatic carbocycles. The van der Waals surface area contributed by atoms with Crippen LogP contribution in [-0.2, 0) is 6.54 Å². The van der Waals surface area contributed by atoms with E-state index in [-0.39, 0.29) is 11.4 Å². The highest BCUT2D eigenvalue weighted by atomic mass is 32.1. The molecule has 112 valence electrons. The predicted octanol–water partition coefficient (Wildman–Crippen LogP) is 2.47. The van der Waals surface area contributed by atoms with Crippen LogP contribution in [0.5, 0.6) is 0 Å². The third-order valence-electron chi connectivity index (χ3n) is 2.86. The minimum atomic E-state index is -1.02. The van der Waals surface area contributed by atoms with Gasteiger partial charge >= 0.3 is 5.97 Å². The highest BCUT2D eigenvalue weighted by Crippen LogP contribution is 2.13. The molecule has 0 spiro atoms. The highest BCUT2D eigenvalue weighted by Gasteiger charge is 2.15. The summed E-state index contributed by atoms with van der Waals surface area (Å²) < 4.78 is 1.57. The molecule has 1 aromatic heterocycles. The maximum Gasteiger partial charge on any atom is 0.341 e. The van der Waals surface area contributed by atoms with Crippen LogP contribution in [0.1, 0.15) is 49.9 Å². The molecule has 0 aromatic carbocycles. The van der Waals surface area contributed by atoms with E-state index in [1.807, 2.05) is 6.92 Å². The molecule has 1 rings (SSSR count). The molecule has 0 radical (unpaired) electrons. The minimum Gasteiger partial charge on any atom is -0.477 e. The molecule has 1 aromatic rings. The van der Waals surface area contributed by atoms with Crippen molar-refractivity contribution in [3.63, 3.8) is 0 Å². The van der Waals surface area contributed by atoms with Crippen molar-refractivity contribution in [1.29, 1.82) is 0 Å². The van der Waals surface area contributed by atoms with Gasteiger partial charge in [-0.05, 0) is 25.6 Å². The Morgan fingerprint density at radius 3 is 2.75 bits per heavy atom. The van der Waals surface area contributed by atoms with Crippen molar-refractivity contribution in [2.24, 2.45) is 0 Å². The molecule has 1 heterocycles. The summed E-state index contributed by atoms with van der Waals surface area (Å²) in [5.41, 5.74) is 0.127. The Kier molecular flexibility index (Phi) is 7.00. The molecule has 0 aliphatic rings. The molecule has 0 saturated carbocycles. The maximum atomic E-state index is 11.1. The lowest BCUT2D eigenvalue weighted by molar-refractivity contribution is 0.0698. The number of anilines is 1. The van der Waals surface area contributed by atoms with E-state index in [4.69, 9.17) is 17.3 Å². The van der Waals surface area contributed by atoms with Gasteiger partial charge in [-0.15, -0.1) is 0 Å². The smallest absolute Gasteiger partial charge is 0.341 e. The SMILES string of the molecule is CCCCCCNC(=S)Nc1nn(CC)cc1C(=O)O. The van der Waals surface area contributed by atoms with Crippen molar-refractivity contribution in [2.45, 2.75) is 46.1 Å². The number of unbranched alkanes of at least 4 members (excludes halogenated alkanes) is 3. The second kappa shape index (κ2) is 8.52. The standard InChI is InChI=1S/C13H22N4O2S/c1-3-5-6-7-8-14-13(20)15-11-10(12(18)19)9-17(4-2)16-11/h9H,3-8H2,1-2H3,(H,18,19)(H2,14,15,16,20). The fourth-order valence-electron chi connectivity index (χ4n) is 1.74. The molecule has 0 unspecified atom stereocenters. The zero-order chi connectivity index (χ0) is 15.0. The first kappa shape index (κ1) is 16.4. The highest BCUT2D eigenvalue weighted by molar-refractivity contribution is 7.80. The van der Waals surface area contributed by atoms with Crippen molar-refractivity contribution in [3.8, 4) is 0 Å². The molecule has 6 nitrogen and oxygen atoms in total. The van der Waals surface area contributed by atoms with Crippen LogP contribution in [0.4, 0.5) is 5.82 Å². The Bertz CT molecular complexity index is 459. The number of hydrogen-bond acceptors (Lipinski definition) is 3. The Morgan fingerprint density at radius 2 is 2.15 bits per heavy atom. The number of carbonyl (C=O) groups is 1. The number of thiocarbonyl (C=S) groups is 1. The molecule has 0 bridgehead atoms. The van der Waals surface area contributed by atoms with Gasteiger partial charge in [-0.3, -0.25) is 4.68 Å². The van der Waals surface area contributed by atoms with E-state index < -0.39 is 5.97 Å².